The van der Waals surface area contributed by atoms with E-state index in [1.54, 1.807) is 16.7 Å². The zero-order valence-corrected chi connectivity index (χ0v) is 12.9. The minimum absolute atomic E-state index is 0.0567. The van der Waals surface area contributed by atoms with E-state index in [1.165, 1.54) is 11.8 Å². The number of carboxylic acids is 1. The molecule has 0 saturated carbocycles. The predicted molar refractivity (Wildman–Crippen MR) is 79.3 cm³/mol. The molecule has 8 heteroatoms. The molecular formula is C13H21N3O4S. The quantitative estimate of drug-likeness (QED) is 0.760. The van der Waals surface area contributed by atoms with E-state index in [4.69, 9.17) is 0 Å². The van der Waals surface area contributed by atoms with E-state index < -0.39 is 12.0 Å². The Bertz CT molecular complexity index is 424. The van der Waals surface area contributed by atoms with Gasteiger partial charge in [0.1, 0.15) is 6.04 Å². The van der Waals surface area contributed by atoms with E-state index in [-0.39, 0.29) is 18.0 Å². The Kier molecular flexibility index (Phi) is 5.33. The minimum Gasteiger partial charge on any atom is -0.480 e. The number of nitrogens with one attached hydrogen (secondary N) is 1. The van der Waals surface area contributed by atoms with Crippen LogP contribution in [0.4, 0.5) is 4.79 Å². The number of amides is 3. The van der Waals surface area contributed by atoms with E-state index in [9.17, 15) is 19.5 Å². The molecule has 0 aliphatic carbocycles. The molecule has 2 fully saturated rings. The van der Waals surface area contributed by atoms with Crippen molar-refractivity contribution in [3.8, 4) is 0 Å². The molecule has 1 atom stereocenters. The summed E-state index contributed by atoms with van der Waals surface area (Å²) >= 11 is 1.57. The standard InChI is InChI=1S/C13H21N3O4S/c1-9(17)14-10-2-4-15(5-3-10)13(20)16-6-7-21-8-11(16)12(18)19/h10-11H,2-8H2,1H3,(H,14,17)(H,18,19). The normalized spacial score (nSPS) is 23.8. The third-order valence-corrected chi connectivity index (χ3v) is 4.85. The third-order valence-electron chi connectivity index (χ3n) is 3.83. The van der Waals surface area contributed by atoms with Gasteiger partial charge in [-0.1, -0.05) is 0 Å². The summed E-state index contributed by atoms with van der Waals surface area (Å²) in [5, 5.41) is 12.1. The Morgan fingerprint density at radius 3 is 2.43 bits per heavy atom. The van der Waals surface area contributed by atoms with Crippen molar-refractivity contribution in [3.05, 3.63) is 0 Å². The molecule has 21 heavy (non-hydrogen) atoms. The van der Waals surface area contributed by atoms with Gasteiger partial charge in [-0.25, -0.2) is 9.59 Å². The van der Waals surface area contributed by atoms with Gasteiger partial charge in [-0.3, -0.25) is 4.79 Å². The number of aliphatic carboxylic acids is 1. The topological polar surface area (TPSA) is 90.0 Å². The number of piperidine rings is 1. The third kappa shape index (κ3) is 4.03. The molecule has 2 rings (SSSR count). The van der Waals surface area contributed by atoms with Crippen molar-refractivity contribution in [2.45, 2.75) is 31.8 Å². The number of hydrogen-bond donors (Lipinski definition) is 2. The summed E-state index contributed by atoms with van der Waals surface area (Å²) in [6, 6.07) is -0.813. The number of thioether (sulfide) groups is 1. The first-order chi connectivity index (χ1) is 9.99. The number of urea groups is 1. The molecule has 2 N–H and O–H groups in total. The van der Waals surface area contributed by atoms with Crippen LogP contribution in [0.1, 0.15) is 19.8 Å². The average molecular weight is 315 g/mol. The summed E-state index contributed by atoms with van der Waals surface area (Å²) < 4.78 is 0. The smallest absolute Gasteiger partial charge is 0.327 e. The molecule has 0 aromatic carbocycles. The Hall–Kier alpha value is -1.44. The van der Waals surface area contributed by atoms with Crippen molar-refractivity contribution >= 4 is 29.7 Å². The van der Waals surface area contributed by atoms with Crippen LogP contribution in [0.5, 0.6) is 0 Å². The number of carbonyl (C=O) groups is 3. The van der Waals surface area contributed by atoms with E-state index in [2.05, 4.69) is 5.32 Å². The summed E-state index contributed by atoms with van der Waals surface area (Å²) in [7, 11) is 0. The van der Waals surface area contributed by atoms with Gasteiger partial charge in [0.15, 0.2) is 0 Å². The monoisotopic (exact) mass is 315 g/mol. The van der Waals surface area contributed by atoms with Crippen molar-refractivity contribution in [1.82, 2.24) is 15.1 Å². The maximum absolute atomic E-state index is 12.5. The highest BCUT2D eigenvalue weighted by molar-refractivity contribution is 7.99. The second kappa shape index (κ2) is 7.02. The van der Waals surface area contributed by atoms with Gasteiger partial charge < -0.3 is 20.2 Å². The zero-order valence-electron chi connectivity index (χ0n) is 12.1. The van der Waals surface area contributed by atoms with Gasteiger partial charge in [-0.2, -0.15) is 11.8 Å². The summed E-state index contributed by atoms with van der Waals surface area (Å²) in [4.78, 5) is 37.9. The molecule has 2 aliphatic rings. The van der Waals surface area contributed by atoms with Gasteiger partial charge in [0.25, 0.3) is 0 Å². The molecular weight excluding hydrogens is 294 g/mol. The van der Waals surface area contributed by atoms with E-state index in [0.717, 1.165) is 5.75 Å². The van der Waals surface area contributed by atoms with Crippen LogP contribution in [-0.2, 0) is 9.59 Å². The van der Waals surface area contributed by atoms with Crippen molar-refractivity contribution in [2.24, 2.45) is 0 Å². The lowest BCUT2D eigenvalue weighted by atomic mass is 10.1. The van der Waals surface area contributed by atoms with Crippen LogP contribution < -0.4 is 5.32 Å². The van der Waals surface area contributed by atoms with Crippen molar-refractivity contribution in [2.75, 3.05) is 31.1 Å². The fourth-order valence-electron chi connectivity index (χ4n) is 2.72. The molecule has 2 saturated heterocycles. The van der Waals surface area contributed by atoms with Crippen LogP contribution in [0.25, 0.3) is 0 Å². The first-order valence-corrected chi connectivity index (χ1v) is 8.27. The summed E-state index contributed by atoms with van der Waals surface area (Å²) in [6.07, 6.45) is 1.43. The SMILES string of the molecule is CC(=O)NC1CCN(C(=O)N2CCSCC2C(=O)O)CC1. The summed E-state index contributed by atoms with van der Waals surface area (Å²) in [6.45, 7) is 3.08. The molecule has 0 radical (unpaired) electrons. The molecule has 118 valence electrons. The highest BCUT2D eigenvalue weighted by atomic mass is 32.2. The molecule has 0 aromatic heterocycles. The highest BCUT2D eigenvalue weighted by Crippen LogP contribution is 2.20. The van der Waals surface area contributed by atoms with Crippen molar-refractivity contribution in [3.63, 3.8) is 0 Å². The fourth-order valence-corrected chi connectivity index (χ4v) is 3.76. The number of likely N-dealkylation sites (tertiary alicyclic amines) is 1. The minimum atomic E-state index is -0.941. The first kappa shape index (κ1) is 15.9. The molecule has 2 aliphatic heterocycles. The lowest BCUT2D eigenvalue weighted by molar-refractivity contribution is -0.141. The van der Waals surface area contributed by atoms with Gasteiger partial charge in [0, 0.05) is 44.1 Å². The molecule has 1 unspecified atom stereocenters. The van der Waals surface area contributed by atoms with Crippen LogP contribution in [0, 0.1) is 0 Å². The number of hydrogen-bond acceptors (Lipinski definition) is 4. The van der Waals surface area contributed by atoms with Crippen LogP contribution in [0.2, 0.25) is 0 Å². The first-order valence-electron chi connectivity index (χ1n) is 7.12. The number of rotatable bonds is 2. The van der Waals surface area contributed by atoms with Crippen LogP contribution in [0.3, 0.4) is 0 Å². The van der Waals surface area contributed by atoms with Crippen molar-refractivity contribution in [1.29, 1.82) is 0 Å². The lowest BCUT2D eigenvalue weighted by Crippen LogP contribution is -2.57. The second-order valence-corrected chi connectivity index (χ2v) is 6.52. The van der Waals surface area contributed by atoms with Crippen LogP contribution >= 0.6 is 11.8 Å². The molecule has 0 spiro atoms. The van der Waals surface area contributed by atoms with Crippen LogP contribution in [-0.4, -0.2) is 76.0 Å². The average Bonchev–Trinajstić information content (AvgIpc) is 2.46. The number of carbonyl (C=O) groups excluding carboxylic acids is 2. The van der Waals surface area contributed by atoms with Gasteiger partial charge in [0.2, 0.25) is 5.91 Å². The Morgan fingerprint density at radius 2 is 1.86 bits per heavy atom. The van der Waals surface area contributed by atoms with Gasteiger partial charge >= 0.3 is 12.0 Å². The number of carboxylic acid groups (broad SMARTS) is 1. The van der Waals surface area contributed by atoms with E-state index in [0.29, 0.717) is 38.2 Å². The molecule has 7 nitrogen and oxygen atoms in total. The fraction of sp³-hybridized carbons (Fsp3) is 0.769. The maximum atomic E-state index is 12.5. The van der Waals surface area contributed by atoms with Crippen molar-refractivity contribution < 1.29 is 19.5 Å². The Labute approximate surface area is 128 Å². The molecule has 0 bridgehead atoms. The van der Waals surface area contributed by atoms with Gasteiger partial charge in [0.05, 0.1) is 0 Å². The predicted octanol–water partition coefficient (Wildman–Crippen LogP) is 0.209. The molecule has 0 aromatic rings. The number of nitrogens with zero attached hydrogens (tertiary/aromatic N) is 2. The van der Waals surface area contributed by atoms with Gasteiger partial charge in [-0.15, -0.1) is 0 Å². The maximum Gasteiger partial charge on any atom is 0.327 e. The summed E-state index contributed by atoms with van der Waals surface area (Å²) in [5.41, 5.74) is 0. The lowest BCUT2D eigenvalue weighted by Gasteiger charge is -2.39. The second-order valence-electron chi connectivity index (χ2n) is 5.37. The zero-order chi connectivity index (χ0) is 15.4. The van der Waals surface area contributed by atoms with E-state index >= 15 is 0 Å². The van der Waals surface area contributed by atoms with Gasteiger partial charge in [-0.05, 0) is 12.8 Å². The van der Waals surface area contributed by atoms with E-state index in [1.807, 2.05) is 0 Å². The summed E-state index contributed by atoms with van der Waals surface area (Å²) in [5.74, 6) is 0.226. The highest BCUT2D eigenvalue weighted by Gasteiger charge is 2.35. The molecule has 3 amide bonds. The Morgan fingerprint density at radius 1 is 1.19 bits per heavy atom. The largest absolute Gasteiger partial charge is 0.480 e. The Balaban J connectivity index is 1.91. The van der Waals surface area contributed by atoms with Crippen LogP contribution in [0.15, 0.2) is 0 Å². The molecule has 2 heterocycles.